The maximum Gasteiger partial charge on any atom is 0.269 e. The fourth-order valence-corrected chi connectivity index (χ4v) is 4.28. The topological polar surface area (TPSA) is 111 Å². The number of thioether (sulfide) groups is 1. The molecule has 0 saturated carbocycles. The standard InChI is InChI=1S/C20H15N5O3S2/c1-12-2-7-16-17(10-12)30-20(21-16)22-18(26)11-29-19-9-8-15(23-24-19)13-3-5-14(6-4-13)25(27)28/h2-10H,11H2,1H3,(H,21,22,26). The van der Waals surface area contributed by atoms with E-state index in [4.69, 9.17) is 0 Å². The van der Waals surface area contributed by atoms with Crippen molar-refractivity contribution in [1.82, 2.24) is 15.2 Å². The van der Waals surface area contributed by atoms with E-state index in [1.54, 1.807) is 24.3 Å². The summed E-state index contributed by atoms with van der Waals surface area (Å²) in [6.07, 6.45) is 0. The molecule has 30 heavy (non-hydrogen) atoms. The molecule has 2 aromatic heterocycles. The van der Waals surface area contributed by atoms with Gasteiger partial charge in [0.2, 0.25) is 5.91 Å². The molecule has 0 unspecified atom stereocenters. The second kappa shape index (κ2) is 8.56. The lowest BCUT2D eigenvalue weighted by molar-refractivity contribution is -0.384. The van der Waals surface area contributed by atoms with Gasteiger partial charge >= 0.3 is 0 Å². The van der Waals surface area contributed by atoms with E-state index in [1.807, 2.05) is 25.1 Å². The number of nitro benzene ring substituents is 1. The molecule has 1 amide bonds. The Bertz CT molecular complexity index is 1220. The van der Waals surface area contributed by atoms with Crippen molar-refractivity contribution in [3.05, 3.63) is 70.3 Å². The third-order valence-corrected chi connectivity index (χ3v) is 6.01. The van der Waals surface area contributed by atoms with Crippen LogP contribution in [0.2, 0.25) is 0 Å². The normalized spacial score (nSPS) is 10.8. The summed E-state index contributed by atoms with van der Waals surface area (Å²) in [5.41, 5.74) is 3.36. The number of non-ortho nitro benzene ring substituents is 1. The molecule has 2 aromatic carbocycles. The Kier molecular flexibility index (Phi) is 5.68. The molecule has 0 spiro atoms. The predicted octanol–water partition coefficient (Wildman–Crippen LogP) is 4.70. The predicted molar refractivity (Wildman–Crippen MR) is 118 cm³/mol. The number of carbonyl (C=O) groups excluding carboxylic acids is 1. The van der Waals surface area contributed by atoms with Crippen LogP contribution >= 0.6 is 23.1 Å². The molecule has 4 rings (SSSR count). The molecule has 0 radical (unpaired) electrons. The molecular weight excluding hydrogens is 422 g/mol. The van der Waals surface area contributed by atoms with Crippen molar-refractivity contribution in [1.29, 1.82) is 0 Å². The van der Waals surface area contributed by atoms with E-state index in [-0.39, 0.29) is 17.3 Å². The van der Waals surface area contributed by atoms with Crippen molar-refractivity contribution in [2.24, 2.45) is 0 Å². The van der Waals surface area contributed by atoms with Crippen LogP contribution in [0.25, 0.3) is 21.5 Å². The Morgan fingerprint density at radius 2 is 1.93 bits per heavy atom. The minimum atomic E-state index is -0.449. The number of hydrogen-bond donors (Lipinski definition) is 1. The number of anilines is 1. The second-order valence-corrected chi connectivity index (χ2v) is 8.41. The number of nitro groups is 1. The van der Waals surface area contributed by atoms with Crippen LogP contribution in [0.3, 0.4) is 0 Å². The van der Waals surface area contributed by atoms with Crippen LogP contribution in [0.5, 0.6) is 0 Å². The number of hydrogen-bond acceptors (Lipinski definition) is 8. The number of nitrogens with one attached hydrogen (secondary N) is 1. The van der Waals surface area contributed by atoms with Gasteiger partial charge < -0.3 is 5.32 Å². The Hall–Kier alpha value is -3.37. The summed E-state index contributed by atoms with van der Waals surface area (Å²) in [7, 11) is 0. The van der Waals surface area contributed by atoms with Gasteiger partial charge in [-0.15, -0.1) is 10.2 Å². The fourth-order valence-electron chi connectivity index (χ4n) is 2.69. The molecule has 0 fully saturated rings. The highest BCUT2D eigenvalue weighted by Crippen LogP contribution is 2.27. The largest absolute Gasteiger partial charge is 0.301 e. The molecule has 1 N–H and O–H groups in total. The molecule has 0 atom stereocenters. The molecule has 4 aromatic rings. The lowest BCUT2D eigenvalue weighted by Gasteiger charge is -2.03. The smallest absolute Gasteiger partial charge is 0.269 e. The highest BCUT2D eigenvalue weighted by molar-refractivity contribution is 7.99. The molecule has 10 heteroatoms. The first-order chi connectivity index (χ1) is 14.5. The average molecular weight is 438 g/mol. The summed E-state index contributed by atoms with van der Waals surface area (Å²) in [6, 6.07) is 15.6. The molecule has 8 nitrogen and oxygen atoms in total. The first-order valence-electron chi connectivity index (χ1n) is 8.86. The zero-order chi connectivity index (χ0) is 21.1. The third kappa shape index (κ3) is 4.61. The van der Waals surface area contributed by atoms with Crippen LogP contribution in [0, 0.1) is 17.0 Å². The van der Waals surface area contributed by atoms with Crippen LogP contribution in [0.1, 0.15) is 5.56 Å². The number of rotatable bonds is 6. The van der Waals surface area contributed by atoms with Gasteiger partial charge in [-0.2, -0.15) is 0 Å². The first kappa shape index (κ1) is 19.9. The lowest BCUT2D eigenvalue weighted by Crippen LogP contribution is -2.13. The number of thiazole rings is 1. The number of fused-ring (bicyclic) bond motifs is 1. The molecule has 150 valence electrons. The van der Waals surface area contributed by atoms with Crippen LogP contribution in [-0.2, 0) is 4.79 Å². The summed E-state index contributed by atoms with van der Waals surface area (Å²) in [5.74, 6) is 0.0116. The van der Waals surface area contributed by atoms with Gasteiger partial charge in [-0.3, -0.25) is 14.9 Å². The minimum Gasteiger partial charge on any atom is -0.301 e. The number of nitrogens with zero attached hydrogens (tertiary/aromatic N) is 4. The summed E-state index contributed by atoms with van der Waals surface area (Å²) in [6.45, 7) is 2.02. The average Bonchev–Trinajstić information content (AvgIpc) is 3.14. The van der Waals surface area contributed by atoms with Gasteiger partial charge in [-0.05, 0) is 48.9 Å². The number of aromatic nitrogens is 3. The van der Waals surface area contributed by atoms with Gasteiger partial charge in [-0.1, -0.05) is 29.2 Å². The first-order valence-corrected chi connectivity index (χ1v) is 10.7. The van der Waals surface area contributed by atoms with E-state index >= 15 is 0 Å². The quantitative estimate of drug-likeness (QED) is 0.264. The highest BCUT2D eigenvalue weighted by atomic mass is 32.2. The Balaban J connectivity index is 1.35. The molecule has 0 aliphatic rings. The van der Waals surface area contributed by atoms with Crippen molar-refractivity contribution in [3.8, 4) is 11.3 Å². The molecule has 0 bridgehead atoms. The lowest BCUT2D eigenvalue weighted by atomic mass is 10.1. The van der Waals surface area contributed by atoms with Gasteiger partial charge in [0.15, 0.2) is 5.13 Å². The fraction of sp³-hybridized carbons (Fsp3) is 0.100. The second-order valence-electron chi connectivity index (χ2n) is 6.39. The zero-order valence-corrected chi connectivity index (χ0v) is 17.4. The van der Waals surface area contributed by atoms with E-state index in [0.29, 0.717) is 15.9 Å². The summed E-state index contributed by atoms with van der Waals surface area (Å²) in [4.78, 5) is 26.9. The van der Waals surface area contributed by atoms with E-state index in [0.717, 1.165) is 21.3 Å². The van der Waals surface area contributed by atoms with Gasteiger partial charge in [-0.25, -0.2) is 4.98 Å². The summed E-state index contributed by atoms with van der Waals surface area (Å²) < 4.78 is 1.03. The van der Waals surface area contributed by atoms with Gasteiger partial charge in [0, 0.05) is 17.7 Å². The number of amides is 1. The zero-order valence-electron chi connectivity index (χ0n) is 15.7. The van der Waals surface area contributed by atoms with Crippen molar-refractivity contribution >= 4 is 50.0 Å². The van der Waals surface area contributed by atoms with Crippen LogP contribution in [0.4, 0.5) is 10.8 Å². The van der Waals surface area contributed by atoms with Gasteiger partial charge in [0.05, 0.1) is 26.6 Å². The summed E-state index contributed by atoms with van der Waals surface area (Å²) >= 11 is 2.71. The van der Waals surface area contributed by atoms with Crippen molar-refractivity contribution < 1.29 is 9.72 Å². The summed E-state index contributed by atoms with van der Waals surface area (Å²) in [5, 5.41) is 23.0. The minimum absolute atomic E-state index is 0.0214. The van der Waals surface area contributed by atoms with Crippen LogP contribution in [-0.4, -0.2) is 31.8 Å². The Morgan fingerprint density at radius 3 is 2.63 bits per heavy atom. The molecule has 0 saturated heterocycles. The molecule has 0 aliphatic carbocycles. The highest BCUT2D eigenvalue weighted by Gasteiger charge is 2.10. The Morgan fingerprint density at radius 1 is 1.13 bits per heavy atom. The van der Waals surface area contributed by atoms with Crippen LogP contribution in [0.15, 0.2) is 59.6 Å². The number of benzene rings is 2. The molecule has 0 aliphatic heterocycles. The van der Waals surface area contributed by atoms with Crippen molar-refractivity contribution in [2.75, 3.05) is 11.1 Å². The Labute approximate surface area is 179 Å². The van der Waals surface area contributed by atoms with Gasteiger partial charge in [0.25, 0.3) is 5.69 Å². The van der Waals surface area contributed by atoms with Crippen molar-refractivity contribution in [2.45, 2.75) is 11.9 Å². The van der Waals surface area contributed by atoms with E-state index in [9.17, 15) is 14.9 Å². The maximum atomic E-state index is 12.2. The molecular formula is C20H15N5O3S2. The van der Waals surface area contributed by atoms with Crippen LogP contribution < -0.4 is 5.32 Å². The van der Waals surface area contributed by atoms with Gasteiger partial charge in [0.1, 0.15) is 5.03 Å². The van der Waals surface area contributed by atoms with E-state index in [2.05, 4.69) is 20.5 Å². The number of aryl methyl sites for hydroxylation is 1. The third-order valence-electron chi connectivity index (χ3n) is 4.16. The SMILES string of the molecule is Cc1ccc2nc(NC(=O)CSc3ccc(-c4ccc([N+](=O)[O-])cc4)nn3)sc2c1. The van der Waals surface area contributed by atoms with E-state index in [1.165, 1.54) is 35.2 Å². The number of carbonyl (C=O) groups is 1. The van der Waals surface area contributed by atoms with E-state index < -0.39 is 4.92 Å². The monoisotopic (exact) mass is 437 g/mol. The molecule has 2 heterocycles. The maximum absolute atomic E-state index is 12.2. The van der Waals surface area contributed by atoms with Crippen molar-refractivity contribution in [3.63, 3.8) is 0 Å².